The van der Waals surface area contributed by atoms with Crippen LogP contribution in [-0.2, 0) is 5.54 Å². The summed E-state index contributed by atoms with van der Waals surface area (Å²) >= 11 is 0. The first-order valence-corrected chi connectivity index (χ1v) is 10.4. The molecule has 158 valence electrons. The third-order valence-electron chi connectivity index (χ3n) is 6.75. The molecular weight excluding hydrogens is 374 g/mol. The highest BCUT2D eigenvalue weighted by Gasteiger charge is 2.44. The number of amides is 2. The highest BCUT2D eigenvalue weighted by atomic mass is 16.2. The highest BCUT2D eigenvalue weighted by molar-refractivity contribution is 5.91. The van der Waals surface area contributed by atoms with Gasteiger partial charge in [0, 0.05) is 12.1 Å². The number of anilines is 1. The molecule has 0 aliphatic heterocycles. The Morgan fingerprint density at radius 1 is 1.20 bits per heavy atom. The van der Waals surface area contributed by atoms with Gasteiger partial charge >= 0.3 is 6.03 Å². The van der Waals surface area contributed by atoms with Crippen LogP contribution < -0.4 is 10.6 Å². The largest absolute Gasteiger partial charge is 0.351 e. The van der Waals surface area contributed by atoms with Gasteiger partial charge in [0.15, 0.2) is 0 Å². The van der Waals surface area contributed by atoms with Crippen LogP contribution in [0.4, 0.5) is 10.5 Å². The minimum Gasteiger partial charge on any atom is -0.351 e. The van der Waals surface area contributed by atoms with E-state index in [9.17, 15) is 4.79 Å². The summed E-state index contributed by atoms with van der Waals surface area (Å²) in [7, 11) is 4.30. The molecule has 2 aromatic rings. The number of nitriles is 1. The van der Waals surface area contributed by atoms with Gasteiger partial charge in [-0.2, -0.15) is 5.26 Å². The first kappa shape index (κ1) is 21.8. The fraction of sp³-hybridized carbons (Fsp3) is 0.458. The van der Waals surface area contributed by atoms with E-state index in [1.165, 1.54) is 5.56 Å². The van der Waals surface area contributed by atoms with E-state index in [-0.39, 0.29) is 11.0 Å². The molecule has 0 spiro atoms. The number of urea groups is 1. The predicted octanol–water partition coefficient (Wildman–Crippen LogP) is 4.18. The third kappa shape index (κ3) is 4.17. The minimum absolute atomic E-state index is 0.00421. The van der Waals surface area contributed by atoms with Crippen LogP contribution in [-0.4, -0.2) is 36.6 Å². The van der Waals surface area contributed by atoms with Crippen molar-refractivity contribution in [1.82, 2.24) is 9.88 Å². The van der Waals surface area contributed by atoms with Crippen molar-refractivity contribution in [2.75, 3.05) is 25.5 Å². The minimum atomic E-state index is -0.488. The molecule has 6 nitrogen and oxygen atoms in total. The number of hydrogen-bond donors (Lipinski definition) is 1. The Labute approximate surface area is 179 Å². The maximum atomic E-state index is 12.3. The van der Waals surface area contributed by atoms with Crippen LogP contribution in [0.1, 0.15) is 49.4 Å². The van der Waals surface area contributed by atoms with E-state index >= 15 is 0 Å². The molecule has 1 aliphatic rings. The van der Waals surface area contributed by atoms with E-state index in [1.807, 2.05) is 13.0 Å². The molecule has 3 rings (SSSR count). The molecule has 2 amide bonds. The molecule has 2 N–H and O–H groups in total. The molecule has 0 unspecified atom stereocenters. The van der Waals surface area contributed by atoms with Crippen molar-refractivity contribution in [3.8, 4) is 6.07 Å². The van der Waals surface area contributed by atoms with Crippen LogP contribution in [0.25, 0.3) is 0 Å². The molecule has 1 aliphatic carbocycles. The SMILES string of the molecule is Cc1cc(C#N)ncc1N(CC1(C)CCC(c2ccccc2)(N(C)C)CC1)C(N)=O. The molecule has 0 bridgehead atoms. The standard InChI is InChI=1S/C24H31N5O/c1-18-14-20(15-25)27-16-21(18)29(22(26)30)17-23(2)10-12-24(13-11-23,28(3)4)19-8-6-5-7-9-19/h5-9,14,16H,10-13,17H2,1-4H3,(H2,26,30). The molecule has 0 saturated heterocycles. The molecule has 1 heterocycles. The molecule has 1 aromatic heterocycles. The summed E-state index contributed by atoms with van der Waals surface area (Å²) in [5.74, 6) is 0. The fourth-order valence-electron chi connectivity index (χ4n) is 4.72. The zero-order chi connectivity index (χ0) is 21.9. The van der Waals surface area contributed by atoms with Crippen molar-refractivity contribution in [1.29, 1.82) is 5.26 Å². The van der Waals surface area contributed by atoms with Gasteiger partial charge in [-0.25, -0.2) is 9.78 Å². The van der Waals surface area contributed by atoms with Crippen LogP contribution in [0.5, 0.6) is 0 Å². The monoisotopic (exact) mass is 405 g/mol. The summed E-state index contributed by atoms with van der Waals surface area (Å²) in [5, 5.41) is 9.07. The van der Waals surface area contributed by atoms with Gasteiger partial charge in [-0.05, 0) is 69.3 Å². The quantitative estimate of drug-likeness (QED) is 0.808. The zero-order valence-corrected chi connectivity index (χ0v) is 18.4. The van der Waals surface area contributed by atoms with Gasteiger partial charge in [-0.15, -0.1) is 0 Å². The van der Waals surface area contributed by atoms with E-state index < -0.39 is 6.03 Å². The Morgan fingerprint density at radius 3 is 2.33 bits per heavy atom. The highest BCUT2D eigenvalue weighted by Crippen LogP contribution is 2.48. The molecule has 1 fully saturated rings. The molecule has 0 radical (unpaired) electrons. The van der Waals surface area contributed by atoms with Gasteiger partial charge in [-0.3, -0.25) is 9.80 Å². The lowest BCUT2D eigenvalue weighted by Crippen LogP contribution is -2.50. The average Bonchev–Trinajstić information content (AvgIpc) is 2.73. The van der Waals surface area contributed by atoms with E-state index in [0.717, 1.165) is 31.2 Å². The number of aryl methyl sites for hydroxylation is 1. The maximum Gasteiger partial charge on any atom is 0.319 e. The third-order valence-corrected chi connectivity index (χ3v) is 6.75. The van der Waals surface area contributed by atoms with Crippen molar-refractivity contribution in [3.63, 3.8) is 0 Å². The zero-order valence-electron chi connectivity index (χ0n) is 18.4. The normalized spacial score (nSPS) is 23.7. The van der Waals surface area contributed by atoms with Crippen LogP contribution in [0.3, 0.4) is 0 Å². The summed E-state index contributed by atoms with van der Waals surface area (Å²) in [6.45, 7) is 4.65. The number of carbonyl (C=O) groups is 1. The van der Waals surface area contributed by atoms with Gasteiger partial charge in [0.25, 0.3) is 0 Å². The summed E-state index contributed by atoms with van der Waals surface area (Å²) < 4.78 is 0. The molecule has 1 saturated carbocycles. The van der Waals surface area contributed by atoms with Gasteiger partial charge in [0.2, 0.25) is 0 Å². The Kier molecular flexibility index (Phi) is 6.14. The van der Waals surface area contributed by atoms with E-state index in [2.05, 4.69) is 61.2 Å². The summed E-state index contributed by atoms with van der Waals surface area (Å²) in [5.41, 5.74) is 8.90. The summed E-state index contributed by atoms with van der Waals surface area (Å²) in [6.07, 6.45) is 5.56. The lowest BCUT2D eigenvalue weighted by molar-refractivity contribution is 0.0459. The number of hydrogen-bond acceptors (Lipinski definition) is 4. The Hall–Kier alpha value is -2.91. The van der Waals surface area contributed by atoms with Crippen LogP contribution in [0.2, 0.25) is 0 Å². The molecule has 30 heavy (non-hydrogen) atoms. The topological polar surface area (TPSA) is 86.2 Å². The summed E-state index contributed by atoms with van der Waals surface area (Å²) in [4.78, 5) is 20.4. The Balaban J connectivity index is 1.83. The number of carbonyl (C=O) groups excluding carboxylic acids is 1. The Bertz CT molecular complexity index is 940. The van der Waals surface area contributed by atoms with Crippen molar-refractivity contribution in [2.45, 2.75) is 45.1 Å². The summed E-state index contributed by atoms with van der Waals surface area (Å²) in [6, 6.07) is 13.9. The second-order valence-corrected chi connectivity index (χ2v) is 8.99. The van der Waals surface area contributed by atoms with Crippen LogP contribution in [0.15, 0.2) is 42.6 Å². The average molecular weight is 406 g/mol. The first-order valence-electron chi connectivity index (χ1n) is 10.4. The number of pyridine rings is 1. The van der Waals surface area contributed by atoms with Crippen molar-refractivity contribution in [2.24, 2.45) is 11.1 Å². The second-order valence-electron chi connectivity index (χ2n) is 8.99. The number of aromatic nitrogens is 1. The van der Waals surface area contributed by atoms with Crippen molar-refractivity contribution < 1.29 is 4.79 Å². The second kappa shape index (κ2) is 8.45. The number of rotatable bonds is 5. The van der Waals surface area contributed by atoms with E-state index in [0.29, 0.717) is 17.9 Å². The number of benzene rings is 1. The number of nitrogens with zero attached hydrogens (tertiary/aromatic N) is 4. The number of primary amides is 1. The van der Waals surface area contributed by atoms with Gasteiger partial charge in [0.1, 0.15) is 11.8 Å². The number of nitrogens with two attached hydrogens (primary N) is 1. The molecule has 0 atom stereocenters. The maximum absolute atomic E-state index is 12.3. The smallest absolute Gasteiger partial charge is 0.319 e. The lowest BCUT2D eigenvalue weighted by Gasteiger charge is -2.50. The van der Waals surface area contributed by atoms with Gasteiger partial charge in [0.05, 0.1) is 11.9 Å². The molecule has 6 heteroatoms. The van der Waals surface area contributed by atoms with Crippen molar-refractivity contribution >= 4 is 11.7 Å². The molecular formula is C24H31N5O. The Morgan fingerprint density at radius 2 is 1.83 bits per heavy atom. The van der Waals surface area contributed by atoms with Crippen LogP contribution >= 0.6 is 0 Å². The van der Waals surface area contributed by atoms with Gasteiger partial charge in [-0.1, -0.05) is 37.3 Å². The lowest BCUT2D eigenvalue weighted by atomic mass is 9.65. The fourth-order valence-corrected chi connectivity index (χ4v) is 4.72. The van der Waals surface area contributed by atoms with Crippen molar-refractivity contribution in [3.05, 3.63) is 59.4 Å². The van der Waals surface area contributed by atoms with E-state index in [4.69, 9.17) is 11.0 Å². The van der Waals surface area contributed by atoms with Crippen LogP contribution in [0, 0.1) is 23.7 Å². The van der Waals surface area contributed by atoms with Gasteiger partial charge < -0.3 is 5.73 Å². The predicted molar refractivity (Wildman–Crippen MR) is 119 cm³/mol. The molecule has 1 aromatic carbocycles. The van der Waals surface area contributed by atoms with E-state index in [1.54, 1.807) is 17.2 Å². The first-order chi connectivity index (χ1) is 14.2.